The highest BCUT2D eigenvalue weighted by atomic mass is 35.5. The van der Waals surface area contributed by atoms with Gasteiger partial charge in [-0.15, -0.1) is 0 Å². The Morgan fingerprint density at radius 2 is 1.93 bits per heavy atom. The number of rotatable bonds is 5. The number of esters is 1. The smallest absolute Gasteiger partial charge is 0.338 e. The largest absolute Gasteiger partial charge is 0.456 e. The molecular weight excluding hydrogens is 406 g/mol. The summed E-state index contributed by atoms with van der Waals surface area (Å²) in [7, 11) is 0. The minimum Gasteiger partial charge on any atom is -0.456 e. The average molecular weight is 426 g/mol. The Bertz CT molecular complexity index is 1070. The van der Waals surface area contributed by atoms with Crippen LogP contribution in [0.15, 0.2) is 59.8 Å². The third kappa shape index (κ3) is 3.64. The van der Waals surface area contributed by atoms with Crippen molar-refractivity contribution in [3.63, 3.8) is 0 Å². The van der Waals surface area contributed by atoms with Gasteiger partial charge in [0.15, 0.2) is 0 Å². The molecule has 7 nitrogen and oxygen atoms in total. The molecule has 2 N–H and O–H groups in total. The Balaban J connectivity index is 1.61. The molecule has 2 aliphatic heterocycles. The van der Waals surface area contributed by atoms with Gasteiger partial charge in [0.1, 0.15) is 13.2 Å². The normalized spacial score (nSPS) is 18.1. The van der Waals surface area contributed by atoms with Crippen molar-refractivity contribution in [2.24, 2.45) is 0 Å². The van der Waals surface area contributed by atoms with Crippen LogP contribution in [-0.4, -0.2) is 36.0 Å². The van der Waals surface area contributed by atoms with E-state index in [0.717, 1.165) is 12.0 Å². The van der Waals surface area contributed by atoms with E-state index in [1.165, 1.54) is 4.90 Å². The highest BCUT2D eigenvalue weighted by molar-refractivity contribution is 6.31. The maximum absolute atomic E-state index is 12.8. The summed E-state index contributed by atoms with van der Waals surface area (Å²) in [5.41, 5.74) is 2.97. The molecule has 0 aliphatic carbocycles. The topological polar surface area (TPSA) is 87.7 Å². The number of cyclic esters (lactones) is 1. The lowest BCUT2D eigenvalue weighted by Crippen LogP contribution is -2.49. The van der Waals surface area contributed by atoms with E-state index in [1.807, 2.05) is 31.2 Å². The summed E-state index contributed by atoms with van der Waals surface area (Å²) in [6.45, 7) is 1.69. The van der Waals surface area contributed by atoms with Gasteiger partial charge in [-0.2, -0.15) is 0 Å². The molecule has 1 unspecified atom stereocenters. The summed E-state index contributed by atoms with van der Waals surface area (Å²) in [6, 6.07) is 13.2. The molecule has 2 aromatic rings. The number of anilines is 1. The Hall–Kier alpha value is -3.32. The van der Waals surface area contributed by atoms with E-state index in [0.29, 0.717) is 27.5 Å². The van der Waals surface area contributed by atoms with Gasteiger partial charge in [0.05, 0.1) is 17.3 Å². The molecule has 4 rings (SSSR count). The Morgan fingerprint density at radius 3 is 2.70 bits per heavy atom. The summed E-state index contributed by atoms with van der Waals surface area (Å²) in [5.74, 6) is -0.898. The van der Waals surface area contributed by atoms with Crippen LogP contribution in [0.5, 0.6) is 0 Å². The van der Waals surface area contributed by atoms with Gasteiger partial charge in [-0.1, -0.05) is 54.9 Å². The van der Waals surface area contributed by atoms with E-state index in [2.05, 4.69) is 10.6 Å². The van der Waals surface area contributed by atoms with Gasteiger partial charge in [-0.3, -0.25) is 9.69 Å². The molecule has 0 radical (unpaired) electrons. The molecule has 0 saturated heterocycles. The predicted molar refractivity (Wildman–Crippen MR) is 112 cm³/mol. The Labute approximate surface area is 178 Å². The number of aryl methyl sites for hydroxylation is 1. The van der Waals surface area contributed by atoms with Crippen molar-refractivity contribution >= 4 is 35.2 Å². The van der Waals surface area contributed by atoms with Crippen LogP contribution in [0.3, 0.4) is 0 Å². The van der Waals surface area contributed by atoms with E-state index in [-0.39, 0.29) is 19.1 Å². The van der Waals surface area contributed by atoms with Crippen molar-refractivity contribution in [3.8, 4) is 0 Å². The first-order chi connectivity index (χ1) is 14.5. The van der Waals surface area contributed by atoms with E-state index in [4.69, 9.17) is 16.3 Å². The Morgan fingerprint density at radius 1 is 1.20 bits per heavy atom. The van der Waals surface area contributed by atoms with Crippen LogP contribution in [0.25, 0.3) is 0 Å². The fourth-order valence-corrected chi connectivity index (χ4v) is 3.95. The molecule has 0 spiro atoms. The number of amides is 3. The SMILES string of the molecule is CCc1ccccc1NC(=O)CN1C(=O)NC(c2ccccc2Cl)C2=C1COC2=O. The van der Waals surface area contributed by atoms with Crippen LogP contribution in [0.2, 0.25) is 5.02 Å². The fraction of sp³-hybridized carbons (Fsp3) is 0.227. The van der Waals surface area contributed by atoms with Crippen molar-refractivity contribution in [1.82, 2.24) is 10.2 Å². The molecule has 2 aliphatic rings. The first kappa shape index (κ1) is 20.0. The lowest BCUT2D eigenvalue weighted by molar-refractivity contribution is -0.136. The lowest BCUT2D eigenvalue weighted by atomic mass is 9.95. The van der Waals surface area contributed by atoms with Gasteiger partial charge in [-0.05, 0) is 29.7 Å². The third-order valence-electron chi connectivity index (χ3n) is 5.19. The standard InChI is InChI=1S/C22H20ClN3O4/c1-2-13-7-3-6-10-16(13)24-18(27)11-26-17-12-30-21(28)19(17)20(25-22(26)29)14-8-4-5-9-15(14)23/h3-10,20H,2,11-12H2,1H3,(H,24,27)(H,25,29). The summed E-state index contributed by atoms with van der Waals surface area (Å²) < 4.78 is 5.18. The molecule has 3 amide bonds. The molecular formula is C22H20ClN3O4. The van der Waals surface area contributed by atoms with Crippen LogP contribution < -0.4 is 10.6 Å². The third-order valence-corrected chi connectivity index (χ3v) is 5.53. The van der Waals surface area contributed by atoms with E-state index in [1.54, 1.807) is 24.3 Å². The van der Waals surface area contributed by atoms with Crippen LogP contribution in [-0.2, 0) is 20.7 Å². The zero-order valence-corrected chi connectivity index (χ0v) is 17.0. The maximum atomic E-state index is 12.8. The maximum Gasteiger partial charge on any atom is 0.338 e. The Kier molecular flexibility index (Phi) is 5.46. The second-order valence-electron chi connectivity index (χ2n) is 6.99. The van der Waals surface area contributed by atoms with Crippen LogP contribution in [0, 0.1) is 0 Å². The number of hydrogen-bond donors (Lipinski definition) is 2. The number of nitrogens with zero attached hydrogens (tertiary/aromatic N) is 1. The van der Waals surface area contributed by atoms with E-state index < -0.39 is 18.0 Å². The van der Waals surface area contributed by atoms with E-state index >= 15 is 0 Å². The summed E-state index contributed by atoms with van der Waals surface area (Å²) in [5, 5.41) is 6.05. The quantitative estimate of drug-likeness (QED) is 0.718. The zero-order valence-electron chi connectivity index (χ0n) is 16.3. The molecule has 0 bridgehead atoms. The number of carbonyl (C=O) groups excluding carboxylic acids is 3. The number of hydrogen-bond acceptors (Lipinski definition) is 4. The summed E-state index contributed by atoms with van der Waals surface area (Å²) in [6.07, 6.45) is 0.762. The minimum absolute atomic E-state index is 0.0681. The van der Waals surface area contributed by atoms with Crippen molar-refractivity contribution in [2.45, 2.75) is 19.4 Å². The number of nitrogens with one attached hydrogen (secondary N) is 2. The van der Waals surface area contributed by atoms with Gasteiger partial charge in [-0.25, -0.2) is 9.59 Å². The molecule has 154 valence electrons. The van der Waals surface area contributed by atoms with Crippen LogP contribution >= 0.6 is 11.6 Å². The number of carbonyl (C=O) groups is 3. The van der Waals surface area contributed by atoms with Crippen molar-refractivity contribution in [2.75, 3.05) is 18.5 Å². The number of ether oxygens (including phenoxy) is 1. The fourth-order valence-electron chi connectivity index (χ4n) is 3.70. The molecule has 0 saturated carbocycles. The van der Waals surface area contributed by atoms with Crippen molar-refractivity contribution in [3.05, 3.63) is 76.0 Å². The minimum atomic E-state index is -0.726. The molecule has 2 heterocycles. The second-order valence-corrected chi connectivity index (χ2v) is 7.39. The van der Waals surface area contributed by atoms with Crippen LogP contribution in [0.1, 0.15) is 24.1 Å². The van der Waals surface area contributed by atoms with Gasteiger partial charge < -0.3 is 15.4 Å². The summed E-state index contributed by atoms with van der Waals surface area (Å²) >= 11 is 6.28. The van der Waals surface area contributed by atoms with Gasteiger partial charge in [0.2, 0.25) is 5.91 Å². The first-order valence-electron chi connectivity index (χ1n) is 9.60. The molecule has 0 aromatic heterocycles. The monoisotopic (exact) mass is 425 g/mol. The predicted octanol–water partition coefficient (Wildman–Crippen LogP) is 3.42. The first-order valence-corrected chi connectivity index (χ1v) is 9.97. The average Bonchev–Trinajstić information content (AvgIpc) is 3.12. The molecule has 2 aromatic carbocycles. The zero-order chi connectivity index (χ0) is 21.3. The van der Waals surface area contributed by atoms with Gasteiger partial charge in [0, 0.05) is 10.7 Å². The number of para-hydroxylation sites is 1. The summed E-state index contributed by atoms with van der Waals surface area (Å²) in [4.78, 5) is 39.2. The highest BCUT2D eigenvalue weighted by Crippen LogP contribution is 2.37. The molecule has 0 fully saturated rings. The molecule has 1 atom stereocenters. The van der Waals surface area contributed by atoms with Gasteiger partial charge in [0.25, 0.3) is 0 Å². The number of benzene rings is 2. The second kappa shape index (κ2) is 8.20. The van der Waals surface area contributed by atoms with Crippen molar-refractivity contribution in [1.29, 1.82) is 0 Å². The van der Waals surface area contributed by atoms with Crippen molar-refractivity contribution < 1.29 is 19.1 Å². The highest BCUT2D eigenvalue weighted by Gasteiger charge is 2.43. The molecule has 8 heteroatoms. The molecule has 30 heavy (non-hydrogen) atoms. The van der Waals surface area contributed by atoms with Gasteiger partial charge >= 0.3 is 12.0 Å². The number of urea groups is 1. The number of halogens is 1. The van der Waals surface area contributed by atoms with Crippen LogP contribution in [0.4, 0.5) is 10.5 Å². The van der Waals surface area contributed by atoms with E-state index in [9.17, 15) is 14.4 Å². The lowest BCUT2D eigenvalue weighted by Gasteiger charge is -2.32.